The van der Waals surface area contributed by atoms with E-state index in [0.717, 1.165) is 31.4 Å². The van der Waals surface area contributed by atoms with E-state index < -0.39 is 6.10 Å². The lowest BCUT2D eigenvalue weighted by Crippen LogP contribution is -2.51. The van der Waals surface area contributed by atoms with Crippen LogP contribution < -0.4 is 10.1 Å². The topological polar surface area (TPSA) is 80.4 Å². The number of aliphatic hydroxyl groups excluding tert-OH is 1. The number of para-hydroxylation sites is 1. The van der Waals surface area contributed by atoms with Gasteiger partial charge in [-0.15, -0.1) is 0 Å². The molecule has 2 aromatic rings. The molecule has 1 fully saturated rings. The molecule has 0 radical (unpaired) electrons. The Morgan fingerprint density at radius 1 is 1.30 bits per heavy atom. The van der Waals surface area contributed by atoms with Gasteiger partial charge in [-0.2, -0.15) is 4.98 Å². The molecule has 3 atom stereocenters. The Morgan fingerprint density at radius 2 is 2.13 bits per heavy atom. The summed E-state index contributed by atoms with van der Waals surface area (Å²) in [5, 5.41) is 17.8. The summed E-state index contributed by atoms with van der Waals surface area (Å²) >= 11 is 0. The second kappa shape index (κ2) is 7.57. The summed E-state index contributed by atoms with van der Waals surface area (Å²) in [6, 6.07) is 9.61. The Morgan fingerprint density at radius 3 is 2.87 bits per heavy atom. The summed E-state index contributed by atoms with van der Waals surface area (Å²) in [5.41, 5.74) is 0. The molecule has 0 bridgehead atoms. The number of hydrogen-bond donors (Lipinski definition) is 2. The third-order valence-electron chi connectivity index (χ3n) is 4.16. The van der Waals surface area contributed by atoms with Crippen molar-refractivity contribution in [1.82, 2.24) is 15.5 Å². The number of hydrogen-bond acceptors (Lipinski definition) is 6. The number of rotatable bonds is 6. The van der Waals surface area contributed by atoms with E-state index in [1.54, 1.807) is 0 Å². The highest BCUT2D eigenvalue weighted by molar-refractivity contribution is 5.21. The summed E-state index contributed by atoms with van der Waals surface area (Å²) in [6.45, 7) is 2.46. The van der Waals surface area contributed by atoms with Gasteiger partial charge >= 0.3 is 0 Å². The summed E-state index contributed by atoms with van der Waals surface area (Å²) in [7, 11) is 0. The molecule has 6 nitrogen and oxygen atoms in total. The molecule has 23 heavy (non-hydrogen) atoms. The molecule has 1 aliphatic rings. The fourth-order valence-corrected chi connectivity index (χ4v) is 2.89. The van der Waals surface area contributed by atoms with Gasteiger partial charge in [-0.25, -0.2) is 0 Å². The molecule has 1 aromatic carbocycles. The lowest BCUT2D eigenvalue weighted by molar-refractivity contribution is -0.0159. The van der Waals surface area contributed by atoms with Crippen molar-refractivity contribution in [2.24, 2.45) is 0 Å². The van der Waals surface area contributed by atoms with Crippen LogP contribution in [0.2, 0.25) is 0 Å². The van der Waals surface area contributed by atoms with Gasteiger partial charge in [0.1, 0.15) is 18.0 Å². The van der Waals surface area contributed by atoms with E-state index in [9.17, 15) is 5.11 Å². The van der Waals surface area contributed by atoms with Crippen LogP contribution in [-0.4, -0.2) is 33.5 Å². The van der Waals surface area contributed by atoms with Crippen LogP contribution in [-0.2, 0) is 13.0 Å². The summed E-state index contributed by atoms with van der Waals surface area (Å²) in [4.78, 5) is 4.27. The van der Waals surface area contributed by atoms with Crippen molar-refractivity contribution in [1.29, 1.82) is 0 Å². The van der Waals surface area contributed by atoms with Gasteiger partial charge in [-0.05, 0) is 31.4 Å². The minimum Gasteiger partial charge on any atom is -0.488 e. The van der Waals surface area contributed by atoms with Crippen LogP contribution in [0.3, 0.4) is 0 Å². The lowest BCUT2D eigenvalue weighted by atomic mass is 9.90. The van der Waals surface area contributed by atoms with Crippen molar-refractivity contribution >= 4 is 0 Å². The molecular formula is C17H23N3O3. The van der Waals surface area contributed by atoms with Crippen LogP contribution in [0, 0.1) is 0 Å². The van der Waals surface area contributed by atoms with E-state index >= 15 is 0 Å². The molecule has 2 N–H and O–H groups in total. The normalized spacial score (nSPS) is 24.5. The standard InChI is InChI=1S/C17H23N3O3/c1-2-16-19-15(20-23-16)11-18-13-9-6-10-14(17(13)21)22-12-7-4-3-5-8-12/h3-5,7-8,13-14,17-18,21H,2,6,9-11H2,1H3/t13-,14+,17+/m0/s1. The van der Waals surface area contributed by atoms with E-state index in [1.807, 2.05) is 37.3 Å². The highest BCUT2D eigenvalue weighted by atomic mass is 16.5. The quantitative estimate of drug-likeness (QED) is 0.849. The molecule has 6 heteroatoms. The van der Waals surface area contributed by atoms with Crippen molar-refractivity contribution in [3.8, 4) is 5.75 Å². The second-order valence-corrected chi connectivity index (χ2v) is 5.84. The van der Waals surface area contributed by atoms with Crippen molar-refractivity contribution in [2.75, 3.05) is 0 Å². The van der Waals surface area contributed by atoms with Gasteiger partial charge in [0.2, 0.25) is 5.89 Å². The summed E-state index contributed by atoms with van der Waals surface area (Å²) in [5.74, 6) is 2.05. The molecule has 124 valence electrons. The minimum atomic E-state index is -0.554. The van der Waals surface area contributed by atoms with E-state index in [-0.39, 0.29) is 12.1 Å². The van der Waals surface area contributed by atoms with E-state index in [1.165, 1.54) is 0 Å². The van der Waals surface area contributed by atoms with E-state index in [2.05, 4.69) is 15.5 Å². The number of benzene rings is 1. The minimum absolute atomic E-state index is 0.0268. The number of aryl methyl sites for hydroxylation is 1. The smallest absolute Gasteiger partial charge is 0.226 e. The summed E-state index contributed by atoms with van der Waals surface area (Å²) in [6.07, 6.45) is 2.76. The van der Waals surface area contributed by atoms with Crippen LogP contribution in [0.4, 0.5) is 0 Å². The largest absolute Gasteiger partial charge is 0.488 e. The van der Waals surface area contributed by atoms with Gasteiger partial charge in [-0.1, -0.05) is 30.3 Å². The van der Waals surface area contributed by atoms with Crippen LogP contribution in [0.25, 0.3) is 0 Å². The predicted molar refractivity (Wildman–Crippen MR) is 85.0 cm³/mol. The maximum absolute atomic E-state index is 10.6. The van der Waals surface area contributed by atoms with Crippen LogP contribution >= 0.6 is 0 Å². The van der Waals surface area contributed by atoms with Gasteiger partial charge in [0, 0.05) is 12.5 Å². The Bertz CT molecular complexity index is 602. The lowest BCUT2D eigenvalue weighted by Gasteiger charge is -2.35. The molecule has 1 heterocycles. The maximum Gasteiger partial charge on any atom is 0.226 e. The molecule has 3 rings (SSSR count). The van der Waals surface area contributed by atoms with Gasteiger partial charge in [0.05, 0.1) is 6.54 Å². The molecule has 0 amide bonds. The SMILES string of the molecule is CCc1nc(CN[C@H]2CCC[C@@H](Oc3ccccc3)[C@@H]2O)no1. The first-order valence-electron chi connectivity index (χ1n) is 8.21. The first-order chi connectivity index (χ1) is 11.3. The Hall–Kier alpha value is -1.92. The number of ether oxygens (including phenoxy) is 1. The molecular weight excluding hydrogens is 294 g/mol. The van der Waals surface area contributed by atoms with Crippen molar-refractivity contribution in [3.63, 3.8) is 0 Å². The van der Waals surface area contributed by atoms with Gasteiger partial charge in [-0.3, -0.25) is 0 Å². The third-order valence-corrected chi connectivity index (χ3v) is 4.16. The first kappa shape index (κ1) is 16.0. The van der Waals surface area contributed by atoms with Gasteiger partial charge in [0.15, 0.2) is 5.82 Å². The number of aliphatic hydroxyl groups is 1. The fraction of sp³-hybridized carbons (Fsp3) is 0.529. The monoisotopic (exact) mass is 317 g/mol. The third kappa shape index (κ3) is 4.09. The summed E-state index contributed by atoms with van der Waals surface area (Å²) < 4.78 is 11.0. The van der Waals surface area contributed by atoms with E-state index in [4.69, 9.17) is 9.26 Å². The van der Waals surface area contributed by atoms with Crippen molar-refractivity contribution in [2.45, 2.75) is 57.4 Å². The molecule has 0 spiro atoms. The molecule has 0 unspecified atom stereocenters. The average Bonchev–Trinajstić information content (AvgIpc) is 3.05. The average molecular weight is 317 g/mol. The highest BCUT2D eigenvalue weighted by Gasteiger charge is 2.33. The molecule has 0 aliphatic heterocycles. The molecule has 1 saturated carbocycles. The van der Waals surface area contributed by atoms with Gasteiger partial charge < -0.3 is 19.7 Å². The zero-order valence-electron chi connectivity index (χ0n) is 13.3. The molecule has 1 aromatic heterocycles. The van der Waals surface area contributed by atoms with Crippen molar-refractivity contribution < 1.29 is 14.4 Å². The van der Waals surface area contributed by atoms with Crippen LogP contribution in [0.1, 0.15) is 37.9 Å². The maximum atomic E-state index is 10.6. The number of nitrogens with zero attached hydrogens (tertiary/aromatic N) is 2. The van der Waals surface area contributed by atoms with E-state index in [0.29, 0.717) is 18.3 Å². The Labute approximate surface area is 135 Å². The van der Waals surface area contributed by atoms with Crippen LogP contribution in [0.15, 0.2) is 34.9 Å². The second-order valence-electron chi connectivity index (χ2n) is 5.84. The zero-order valence-corrected chi connectivity index (χ0v) is 13.3. The fourth-order valence-electron chi connectivity index (χ4n) is 2.89. The Balaban J connectivity index is 1.55. The van der Waals surface area contributed by atoms with Crippen LogP contribution in [0.5, 0.6) is 5.75 Å². The first-order valence-corrected chi connectivity index (χ1v) is 8.21. The molecule has 0 saturated heterocycles. The zero-order chi connectivity index (χ0) is 16.1. The Kier molecular flexibility index (Phi) is 5.25. The molecule has 1 aliphatic carbocycles. The van der Waals surface area contributed by atoms with Crippen molar-refractivity contribution in [3.05, 3.63) is 42.0 Å². The number of nitrogens with one attached hydrogen (secondary N) is 1. The number of aromatic nitrogens is 2. The predicted octanol–water partition coefficient (Wildman–Crippen LogP) is 2.08. The van der Waals surface area contributed by atoms with Gasteiger partial charge in [0.25, 0.3) is 0 Å². The highest BCUT2D eigenvalue weighted by Crippen LogP contribution is 2.24.